The summed E-state index contributed by atoms with van der Waals surface area (Å²) in [5.74, 6) is 0.124. The summed E-state index contributed by atoms with van der Waals surface area (Å²) < 4.78 is 11.8. The van der Waals surface area contributed by atoms with Crippen molar-refractivity contribution >= 4 is 71.1 Å². The van der Waals surface area contributed by atoms with E-state index < -0.39 is 0 Å². The van der Waals surface area contributed by atoms with Gasteiger partial charge in [-0.05, 0) is 101 Å². The summed E-state index contributed by atoms with van der Waals surface area (Å²) in [6.07, 6.45) is 6.42. The maximum Gasteiger partial charge on any atom is 0.143 e. The molecule has 0 fully saturated rings. The lowest BCUT2D eigenvalue weighted by Crippen LogP contribution is -2.00. The average Bonchev–Trinajstić information content (AvgIpc) is 4.02. The lowest BCUT2D eigenvalue weighted by atomic mass is 9.87. The molecular formula is C56H38N2O. The van der Waals surface area contributed by atoms with Crippen LogP contribution >= 0.6 is 0 Å². The van der Waals surface area contributed by atoms with Gasteiger partial charge in [0.25, 0.3) is 0 Å². The lowest BCUT2D eigenvalue weighted by Gasteiger charge is -2.16. The van der Waals surface area contributed by atoms with Gasteiger partial charge in [-0.25, -0.2) is 0 Å². The second-order valence-electron chi connectivity index (χ2n) is 15.6. The molecule has 0 N–H and O–H groups in total. The van der Waals surface area contributed by atoms with Gasteiger partial charge in [0.15, 0.2) is 0 Å². The normalized spacial score (nSPS) is 14.3. The Hall–Kier alpha value is -7.62. The first kappa shape index (κ1) is 33.5. The number of fused-ring (bicyclic) bond motifs is 10. The van der Waals surface area contributed by atoms with Crippen molar-refractivity contribution in [3.8, 4) is 22.5 Å². The van der Waals surface area contributed by atoms with E-state index in [-0.39, 0.29) is 5.92 Å². The maximum absolute atomic E-state index is 6.99. The van der Waals surface area contributed by atoms with Gasteiger partial charge in [-0.3, -0.25) is 0 Å². The van der Waals surface area contributed by atoms with Crippen LogP contribution in [0.2, 0.25) is 0 Å². The molecule has 0 bridgehead atoms. The van der Waals surface area contributed by atoms with Crippen LogP contribution in [-0.4, -0.2) is 9.13 Å². The first-order valence-corrected chi connectivity index (χ1v) is 20.4. The van der Waals surface area contributed by atoms with E-state index >= 15 is 0 Å². The molecule has 59 heavy (non-hydrogen) atoms. The van der Waals surface area contributed by atoms with Crippen LogP contribution in [0, 0.1) is 0 Å². The number of rotatable bonds is 6. The fraction of sp³-hybridized carbons (Fsp3) is 0.0357. The zero-order valence-electron chi connectivity index (χ0n) is 32.6. The van der Waals surface area contributed by atoms with Crippen molar-refractivity contribution in [1.82, 2.24) is 9.13 Å². The second kappa shape index (κ2) is 13.0. The minimum absolute atomic E-state index is 0.124. The monoisotopic (exact) mass is 754 g/mol. The molecular weight excluding hydrogens is 717 g/mol. The number of nitrogens with zero attached hydrogens (tertiary/aromatic N) is 2. The third-order valence-corrected chi connectivity index (χ3v) is 12.5. The van der Waals surface area contributed by atoms with Crippen LogP contribution in [0.4, 0.5) is 0 Å². The Morgan fingerprint density at radius 3 is 1.66 bits per heavy atom. The van der Waals surface area contributed by atoms with Crippen LogP contribution in [0.3, 0.4) is 0 Å². The molecule has 0 amide bonds. The van der Waals surface area contributed by atoms with Crippen LogP contribution < -0.4 is 0 Å². The zero-order chi connectivity index (χ0) is 39.2. The number of hydrogen-bond acceptors (Lipinski definition) is 1. The number of aromatic nitrogens is 2. The number of allylic oxidation sites excluding steroid dienone is 5. The van der Waals surface area contributed by atoms with E-state index in [1.54, 1.807) is 0 Å². The first-order chi connectivity index (χ1) is 29.2. The Morgan fingerprint density at radius 1 is 0.508 bits per heavy atom. The predicted molar refractivity (Wildman–Crippen MR) is 248 cm³/mol. The summed E-state index contributed by atoms with van der Waals surface area (Å²) >= 11 is 0. The van der Waals surface area contributed by atoms with Crippen molar-refractivity contribution in [2.75, 3.05) is 0 Å². The minimum Gasteiger partial charge on any atom is -0.455 e. The maximum atomic E-state index is 6.99. The van der Waals surface area contributed by atoms with Gasteiger partial charge in [0.05, 0.1) is 22.1 Å². The Bertz CT molecular complexity index is 3480. The van der Waals surface area contributed by atoms with Crippen LogP contribution in [0.1, 0.15) is 29.5 Å². The Kier molecular flexibility index (Phi) is 7.36. The van der Waals surface area contributed by atoms with Crippen molar-refractivity contribution in [2.24, 2.45) is 0 Å². The number of hydrogen-bond donors (Lipinski definition) is 0. The molecule has 1 unspecified atom stereocenters. The van der Waals surface area contributed by atoms with Gasteiger partial charge in [0.1, 0.15) is 11.2 Å². The van der Waals surface area contributed by atoms with Crippen molar-refractivity contribution in [3.63, 3.8) is 0 Å². The Balaban J connectivity index is 1.15. The molecule has 278 valence electrons. The van der Waals surface area contributed by atoms with Gasteiger partial charge in [0.2, 0.25) is 0 Å². The quantitative estimate of drug-likeness (QED) is 0.166. The second-order valence-corrected chi connectivity index (χ2v) is 15.6. The molecule has 0 aliphatic heterocycles. The highest BCUT2D eigenvalue weighted by Gasteiger charge is 2.31. The smallest absolute Gasteiger partial charge is 0.143 e. The molecule has 3 heteroatoms. The summed E-state index contributed by atoms with van der Waals surface area (Å²) in [5, 5.41) is 7.11. The van der Waals surface area contributed by atoms with Crippen molar-refractivity contribution < 1.29 is 4.42 Å². The van der Waals surface area contributed by atoms with E-state index in [0.717, 1.165) is 44.4 Å². The van der Waals surface area contributed by atoms with Crippen LogP contribution in [0.5, 0.6) is 0 Å². The van der Waals surface area contributed by atoms with Gasteiger partial charge >= 0.3 is 0 Å². The number of furan rings is 1. The molecule has 1 aliphatic carbocycles. The summed E-state index contributed by atoms with van der Waals surface area (Å²) in [6.45, 7) is 6.43. The van der Waals surface area contributed by atoms with Gasteiger partial charge < -0.3 is 13.6 Å². The zero-order valence-corrected chi connectivity index (χ0v) is 32.6. The molecule has 1 atom stereocenters. The van der Waals surface area contributed by atoms with E-state index in [1.165, 1.54) is 71.4 Å². The standard InChI is InChI=1S/C56H38N2O/c1-3-16-44-39(4-2)47-31-36(27-29-45(47)55(44)35-17-6-5-7-18-35)46-33-38(58-52-25-14-10-21-42(52)43-22-11-15-26-53(43)58)34-49-48-32-37(28-30-54(48)59-56(46)49)57-50-23-12-8-19-40(50)41-20-9-13-24-51(41)57/h3-34,55H,2H2,1H3/b16-3-. The average molecular weight is 755 g/mol. The van der Waals surface area contributed by atoms with Gasteiger partial charge in [-0.15, -0.1) is 0 Å². The van der Waals surface area contributed by atoms with Crippen LogP contribution in [0.15, 0.2) is 211 Å². The summed E-state index contributed by atoms with van der Waals surface area (Å²) in [6, 6.07) is 63.9. The largest absolute Gasteiger partial charge is 0.455 e. The summed E-state index contributed by atoms with van der Waals surface area (Å²) in [5.41, 5.74) is 17.0. The van der Waals surface area contributed by atoms with E-state index in [2.05, 4.69) is 211 Å². The first-order valence-electron chi connectivity index (χ1n) is 20.4. The van der Waals surface area contributed by atoms with Crippen molar-refractivity contribution in [1.29, 1.82) is 0 Å². The lowest BCUT2D eigenvalue weighted by molar-refractivity contribution is 0.670. The fourth-order valence-electron chi connectivity index (χ4n) is 10.0. The molecule has 0 spiro atoms. The third-order valence-electron chi connectivity index (χ3n) is 12.5. The number of para-hydroxylation sites is 4. The summed E-state index contributed by atoms with van der Waals surface area (Å²) in [4.78, 5) is 0. The van der Waals surface area contributed by atoms with Crippen LogP contribution in [-0.2, 0) is 0 Å². The highest BCUT2D eigenvalue weighted by molar-refractivity contribution is 6.14. The van der Waals surface area contributed by atoms with E-state index in [1.807, 2.05) is 6.08 Å². The topological polar surface area (TPSA) is 23.0 Å². The minimum atomic E-state index is 0.124. The van der Waals surface area contributed by atoms with E-state index in [0.29, 0.717) is 0 Å². The molecule has 0 saturated carbocycles. The number of benzene rings is 8. The molecule has 3 aromatic heterocycles. The Morgan fingerprint density at radius 2 is 1.07 bits per heavy atom. The van der Waals surface area contributed by atoms with Gasteiger partial charge in [-0.1, -0.05) is 140 Å². The molecule has 12 rings (SSSR count). The highest BCUT2D eigenvalue weighted by Crippen LogP contribution is 2.49. The SMILES string of the molecule is C=CC1=C(/C=C\C)C(c2ccccc2)c2ccc(-c3cc(-n4c5ccccc5c5ccccc54)cc4c3oc3ccc(-n5c6ccccc6c6ccccc65)cc34)cc21. The molecule has 8 aromatic carbocycles. The van der Waals surface area contributed by atoms with Gasteiger partial charge in [-0.2, -0.15) is 0 Å². The highest BCUT2D eigenvalue weighted by atomic mass is 16.3. The Labute approximate surface area is 341 Å². The summed E-state index contributed by atoms with van der Waals surface area (Å²) in [7, 11) is 0. The molecule has 11 aromatic rings. The van der Waals surface area contributed by atoms with Crippen LogP contribution in [0.25, 0.3) is 93.6 Å². The fourth-order valence-corrected chi connectivity index (χ4v) is 10.0. The van der Waals surface area contributed by atoms with E-state index in [9.17, 15) is 0 Å². The molecule has 1 aliphatic rings. The molecule has 3 nitrogen and oxygen atoms in total. The molecule has 0 radical (unpaired) electrons. The molecule has 0 saturated heterocycles. The van der Waals surface area contributed by atoms with Crippen molar-refractivity contribution in [3.05, 3.63) is 223 Å². The van der Waals surface area contributed by atoms with Gasteiger partial charge in [0, 0.05) is 55.2 Å². The third kappa shape index (κ3) is 4.88. The predicted octanol–water partition coefficient (Wildman–Crippen LogP) is 15.1. The molecule has 3 heterocycles. The van der Waals surface area contributed by atoms with E-state index in [4.69, 9.17) is 4.42 Å². The van der Waals surface area contributed by atoms with Crippen molar-refractivity contribution in [2.45, 2.75) is 12.8 Å².